The van der Waals surface area contributed by atoms with Crippen LogP contribution in [0.5, 0.6) is 0 Å². The van der Waals surface area contributed by atoms with Crippen molar-refractivity contribution < 1.29 is 8.42 Å². The number of halogens is 2. The molecule has 80 valence electrons. The summed E-state index contributed by atoms with van der Waals surface area (Å²) in [5.74, 6) is 0. The first kappa shape index (κ1) is 12.6. The molecule has 1 aromatic heterocycles. The average molecular weight is 363 g/mol. The molecule has 1 heterocycles. The lowest BCUT2D eigenvalue weighted by molar-refractivity contribution is 0.573. The van der Waals surface area contributed by atoms with Gasteiger partial charge in [0, 0.05) is 11.4 Å². The summed E-state index contributed by atoms with van der Waals surface area (Å²) in [7, 11) is -3.34. The van der Waals surface area contributed by atoms with Gasteiger partial charge in [-0.25, -0.2) is 13.1 Å². The molecule has 3 nitrogen and oxygen atoms in total. The van der Waals surface area contributed by atoms with Gasteiger partial charge < -0.3 is 0 Å². The number of rotatable bonds is 4. The normalized spacial score (nSPS) is 14.2. The van der Waals surface area contributed by atoms with E-state index in [2.05, 4.69) is 36.6 Å². The van der Waals surface area contributed by atoms with Gasteiger partial charge in [0.1, 0.15) is 4.21 Å². The van der Waals surface area contributed by atoms with Crippen molar-refractivity contribution in [2.75, 3.05) is 5.33 Å². The maximum Gasteiger partial charge on any atom is 0.250 e. The van der Waals surface area contributed by atoms with E-state index in [0.29, 0.717) is 9.54 Å². The van der Waals surface area contributed by atoms with Crippen LogP contribution < -0.4 is 4.72 Å². The number of sulfonamides is 1. The van der Waals surface area contributed by atoms with Crippen molar-refractivity contribution in [2.24, 2.45) is 0 Å². The molecule has 1 atom stereocenters. The van der Waals surface area contributed by atoms with E-state index in [1.54, 1.807) is 19.1 Å². The fourth-order valence-electron chi connectivity index (χ4n) is 0.797. The lowest BCUT2D eigenvalue weighted by Gasteiger charge is -2.09. The molecule has 0 spiro atoms. The van der Waals surface area contributed by atoms with Crippen LogP contribution in [0.4, 0.5) is 0 Å². The van der Waals surface area contributed by atoms with Crippen molar-refractivity contribution >= 4 is 53.2 Å². The predicted molar refractivity (Wildman–Crippen MR) is 65.6 cm³/mol. The van der Waals surface area contributed by atoms with Crippen LogP contribution in [-0.2, 0) is 10.0 Å². The van der Waals surface area contributed by atoms with Gasteiger partial charge in [0.15, 0.2) is 0 Å². The predicted octanol–water partition coefficient (Wildman–Crippen LogP) is 2.57. The highest BCUT2D eigenvalue weighted by Gasteiger charge is 2.18. The second kappa shape index (κ2) is 5.07. The second-order valence-electron chi connectivity index (χ2n) is 2.74. The second-order valence-corrected chi connectivity index (χ2v) is 7.79. The van der Waals surface area contributed by atoms with Crippen molar-refractivity contribution in [1.82, 2.24) is 4.72 Å². The number of hydrogen-bond acceptors (Lipinski definition) is 3. The molecule has 0 saturated heterocycles. The third-order valence-electron chi connectivity index (χ3n) is 1.40. The van der Waals surface area contributed by atoms with Gasteiger partial charge >= 0.3 is 0 Å². The Morgan fingerprint density at radius 2 is 2.21 bits per heavy atom. The Kier molecular flexibility index (Phi) is 4.57. The monoisotopic (exact) mass is 361 g/mol. The molecule has 1 N–H and O–H groups in total. The minimum absolute atomic E-state index is 0.110. The largest absolute Gasteiger partial charge is 0.250 e. The van der Waals surface area contributed by atoms with Crippen LogP contribution in [0.3, 0.4) is 0 Å². The molecule has 0 aliphatic rings. The van der Waals surface area contributed by atoms with Crippen LogP contribution >= 0.6 is 43.2 Å². The van der Waals surface area contributed by atoms with Crippen LogP contribution in [0.25, 0.3) is 0 Å². The Labute approximate surface area is 104 Å². The molecular formula is C7H9Br2NO2S2. The van der Waals surface area contributed by atoms with Crippen LogP contribution in [0, 0.1) is 0 Å². The van der Waals surface area contributed by atoms with E-state index in [-0.39, 0.29) is 6.04 Å². The van der Waals surface area contributed by atoms with E-state index in [0.717, 1.165) is 3.79 Å². The maximum absolute atomic E-state index is 11.7. The van der Waals surface area contributed by atoms with Gasteiger partial charge in [-0.3, -0.25) is 0 Å². The first-order valence-electron chi connectivity index (χ1n) is 3.79. The van der Waals surface area contributed by atoms with E-state index >= 15 is 0 Å². The van der Waals surface area contributed by atoms with Crippen LogP contribution in [-0.4, -0.2) is 19.8 Å². The van der Waals surface area contributed by atoms with Gasteiger partial charge in [0.25, 0.3) is 0 Å². The molecule has 1 aromatic rings. The Morgan fingerprint density at radius 3 is 2.64 bits per heavy atom. The summed E-state index contributed by atoms with van der Waals surface area (Å²) in [5.41, 5.74) is 0. The number of nitrogens with one attached hydrogen (secondary N) is 1. The third-order valence-corrected chi connectivity index (χ3v) is 6.08. The Hall–Kier alpha value is 0.570. The minimum Gasteiger partial charge on any atom is -0.207 e. The zero-order valence-electron chi connectivity index (χ0n) is 7.33. The third kappa shape index (κ3) is 3.30. The molecule has 0 aromatic carbocycles. The average Bonchev–Trinajstić information content (AvgIpc) is 2.51. The van der Waals surface area contributed by atoms with Crippen molar-refractivity contribution in [1.29, 1.82) is 0 Å². The van der Waals surface area contributed by atoms with Gasteiger partial charge in [-0.15, -0.1) is 11.3 Å². The van der Waals surface area contributed by atoms with Gasteiger partial charge in [-0.1, -0.05) is 15.9 Å². The highest BCUT2D eigenvalue weighted by Crippen LogP contribution is 2.25. The van der Waals surface area contributed by atoms with E-state index in [1.165, 1.54) is 11.3 Å². The summed E-state index contributed by atoms with van der Waals surface area (Å²) in [5, 5.41) is 0.596. The van der Waals surface area contributed by atoms with Gasteiger partial charge in [0.2, 0.25) is 10.0 Å². The molecule has 0 fully saturated rings. The van der Waals surface area contributed by atoms with Crippen LogP contribution in [0.15, 0.2) is 20.1 Å². The lowest BCUT2D eigenvalue weighted by Crippen LogP contribution is -2.33. The molecule has 1 rings (SSSR count). The Balaban J connectivity index is 2.86. The number of hydrogen-bond donors (Lipinski definition) is 1. The van der Waals surface area contributed by atoms with E-state index in [4.69, 9.17) is 0 Å². The summed E-state index contributed by atoms with van der Waals surface area (Å²) in [4.78, 5) is 0. The standard InChI is InChI=1S/C7H9Br2NO2S2/c1-5(4-8)10-14(11,12)7-3-2-6(9)13-7/h2-3,5,10H,4H2,1H3. The lowest BCUT2D eigenvalue weighted by atomic mass is 10.4. The highest BCUT2D eigenvalue weighted by molar-refractivity contribution is 9.11. The molecule has 0 aliphatic carbocycles. The van der Waals surface area contributed by atoms with Crippen molar-refractivity contribution in [3.8, 4) is 0 Å². The van der Waals surface area contributed by atoms with Gasteiger partial charge in [0.05, 0.1) is 3.79 Å². The fraction of sp³-hybridized carbons (Fsp3) is 0.429. The zero-order chi connectivity index (χ0) is 10.8. The molecule has 1 unspecified atom stereocenters. The molecule has 0 aliphatic heterocycles. The summed E-state index contributed by atoms with van der Waals surface area (Å²) in [6.07, 6.45) is 0. The van der Waals surface area contributed by atoms with Gasteiger partial charge in [-0.05, 0) is 35.0 Å². The summed E-state index contributed by atoms with van der Waals surface area (Å²) in [6, 6.07) is 3.19. The van der Waals surface area contributed by atoms with Crippen molar-refractivity contribution in [3.63, 3.8) is 0 Å². The molecule has 0 radical (unpaired) electrons. The van der Waals surface area contributed by atoms with Crippen molar-refractivity contribution in [3.05, 3.63) is 15.9 Å². The zero-order valence-corrected chi connectivity index (χ0v) is 12.1. The summed E-state index contributed by atoms with van der Waals surface area (Å²) >= 11 is 7.64. The molecule has 0 saturated carbocycles. The minimum atomic E-state index is -3.34. The van der Waals surface area contributed by atoms with E-state index in [1.807, 2.05) is 0 Å². The van der Waals surface area contributed by atoms with Crippen LogP contribution in [0.1, 0.15) is 6.92 Å². The maximum atomic E-state index is 11.7. The summed E-state index contributed by atoms with van der Waals surface area (Å²) in [6.45, 7) is 1.80. The molecule has 0 bridgehead atoms. The molecule has 14 heavy (non-hydrogen) atoms. The van der Waals surface area contributed by atoms with Gasteiger partial charge in [-0.2, -0.15) is 0 Å². The first-order valence-corrected chi connectivity index (χ1v) is 8.01. The fourth-order valence-corrected chi connectivity index (χ4v) is 4.44. The Bertz CT molecular complexity index is 402. The number of alkyl halides is 1. The SMILES string of the molecule is CC(CBr)NS(=O)(=O)c1ccc(Br)s1. The van der Waals surface area contributed by atoms with Crippen molar-refractivity contribution in [2.45, 2.75) is 17.2 Å². The first-order chi connectivity index (χ1) is 6.45. The highest BCUT2D eigenvalue weighted by atomic mass is 79.9. The van der Waals surface area contributed by atoms with E-state index < -0.39 is 10.0 Å². The molecular weight excluding hydrogens is 354 g/mol. The molecule has 0 amide bonds. The quantitative estimate of drug-likeness (QED) is 0.836. The molecule has 7 heteroatoms. The number of thiophene rings is 1. The Morgan fingerprint density at radius 1 is 1.57 bits per heavy atom. The smallest absolute Gasteiger partial charge is 0.207 e. The summed E-state index contributed by atoms with van der Waals surface area (Å²) < 4.78 is 27.0. The topological polar surface area (TPSA) is 46.2 Å². The van der Waals surface area contributed by atoms with Crippen LogP contribution in [0.2, 0.25) is 0 Å². The van der Waals surface area contributed by atoms with E-state index in [9.17, 15) is 8.42 Å².